The van der Waals surface area contributed by atoms with E-state index >= 15 is 0 Å². The first kappa shape index (κ1) is 76.6. The van der Waals surface area contributed by atoms with Crippen LogP contribution in [0, 0.1) is 0 Å². The molecule has 0 radical (unpaired) electrons. The zero-order chi connectivity index (χ0) is 57.8. The van der Waals surface area contributed by atoms with Crippen LogP contribution in [0.4, 0.5) is 0 Å². The molecule has 0 aliphatic rings. The topological polar surface area (TPSA) is 78.9 Å². The van der Waals surface area contributed by atoms with Crippen LogP contribution in [0.5, 0.6) is 0 Å². The normalized spacial score (nSPS) is 12.6. The van der Waals surface area contributed by atoms with Crippen LogP contribution in [-0.4, -0.2) is 37.2 Å². The molecule has 0 aliphatic heterocycles. The Kier molecular flexibility index (Phi) is 65.2. The average Bonchev–Trinajstić information content (AvgIpc) is 3.46. The van der Waals surface area contributed by atoms with Gasteiger partial charge in [0.1, 0.15) is 13.2 Å². The molecule has 0 aliphatic carbocycles. The zero-order valence-electron chi connectivity index (χ0n) is 53.1. The molecule has 0 saturated carbocycles. The fourth-order valence-corrected chi connectivity index (χ4v) is 10.0. The van der Waals surface area contributed by atoms with Crippen LogP contribution in [0.2, 0.25) is 0 Å². The van der Waals surface area contributed by atoms with Crippen molar-refractivity contribution in [2.45, 2.75) is 354 Å². The molecule has 0 aromatic heterocycles. The molecular formula is C74H130O6. The molecule has 80 heavy (non-hydrogen) atoms. The summed E-state index contributed by atoms with van der Waals surface area (Å²) in [5.41, 5.74) is 0. The SMILES string of the molecule is CC/C=C\C/C=C\C/C=C\C/C=C\C/C=C\CC(=O)OCC(COC(=O)CCCCCCCCCCCCCCCCCCCCCCCCCC)OC(=O)CCCCCCCCCCCCC/C=C\C/C=C\CCCCCCC. The molecule has 0 rings (SSSR count). The van der Waals surface area contributed by atoms with Crippen LogP contribution in [0.1, 0.15) is 348 Å². The number of hydrogen-bond donors (Lipinski definition) is 0. The van der Waals surface area contributed by atoms with Crippen LogP contribution in [-0.2, 0) is 28.6 Å². The van der Waals surface area contributed by atoms with Crippen molar-refractivity contribution in [1.29, 1.82) is 0 Å². The van der Waals surface area contributed by atoms with Crippen molar-refractivity contribution in [1.82, 2.24) is 0 Å². The van der Waals surface area contributed by atoms with Crippen LogP contribution in [0.25, 0.3) is 0 Å². The number of unbranched alkanes of at least 4 members (excludes halogenated alkanes) is 39. The largest absolute Gasteiger partial charge is 0.462 e. The molecule has 6 heteroatoms. The molecule has 0 spiro atoms. The molecule has 1 unspecified atom stereocenters. The van der Waals surface area contributed by atoms with Gasteiger partial charge in [-0.2, -0.15) is 0 Å². The van der Waals surface area contributed by atoms with E-state index in [4.69, 9.17) is 14.2 Å². The Morgan fingerprint density at radius 1 is 0.275 bits per heavy atom. The third-order valence-electron chi connectivity index (χ3n) is 15.2. The number of carbonyl (C=O) groups is 3. The van der Waals surface area contributed by atoms with Gasteiger partial charge in [-0.3, -0.25) is 14.4 Å². The van der Waals surface area contributed by atoms with Crippen LogP contribution in [0.3, 0.4) is 0 Å². The van der Waals surface area contributed by atoms with Gasteiger partial charge in [-0.25, -0.2) is 0 Å². The second-order valence-corrected chi connectivity index (χ2v) is 23.1. The highest BCUT2D eigenvalue weighted by atomic mass is 16.6. The van der Waals surface area contributed by atoms with Gasteiger partial charge in [0.15, 0.2) is 6.10 Å². The van der Waals surface area contributed by atoms with E-state index < -0.39 is 12.1 Å². The standard InChI is InChI=1S/C74H130O6/c1-4-7-10-13-16-19-22-25-28-30-32-34-36-38-39-41-43-46-49-52-55-58-61-64-67-73(76)79-70-71(69-78-72(75)66-63-60-57-54-51-48-45-27-24-21-18-15-12-9-6-3)80-74(77)68-65-62-59-56-53-50-47-44-42-40-37-35-33-31-29-26-23-20-17-14-11-8-5-2/h9,12,18,21,23,26-27,31,33,45,51,54,60,63,71H,4-8,10-11,13-17,19-20,22,24-25,28-30,32,34-44,46-50,52-53,55-59,61-62,64-70H2,1-3H3/b12-9-,21-18-,26-23-,33-31-,45-27-,54-51-,63-60-. The van der Waals surface area contributed by atoms with Crippen molar-refractivity contribution in [2.24, 2.45) is 0 Å². The Hall–Kier alpha value is -3.41. The molecular weight excluding hydrogens is 985 g/mol. The van der Waals surface area contributed by atoms with E-state index in [1.54, 1.807) is 0 Å². The highest BCUT2D eigenvalue weighted by Gasteiger charge is 2.19. The fraction of sp³-hybridized carbons (Fsp3) is 0.770. The van der Waals surface area contributed by atoms with Gasteiger partial charge in [-0.15, -0.1) is 0 Å². The maximum Gasteiger partial charge on any atom is 0.309 e. The number of esters is 3. The second kappa shape index (κ2) is 68.1. The first-order valence-electron chi connectivity index (χ1n) is 34.6. The van der Waals surface area contributed by atoms with Gasteiger partial charge in [0.25, 0.3) is 0 Å². The Balaban J connectivity index is 4.36. The summed E-state index contributed by atoms with van der Waals surface area (Å²) in [6.07, 6.45) is 90.7. The summed E-state index contributed by atoms with van der Waals surface area (Å²) in [6.45, 7) is 6.48. The third-order valence-corrected chi connectivity index (χ3v) is 15.2. The third kappa shape index (κ3) is 65.4. The van der Waals surface area contributed by atoms with Gasteiger partial charge in [0.2, 0.25) is 0 Å². The minimum absolute atomic E-state index is 0.104. The van der Waals surface area contributed by atoms with Crippen LogP contribution >= 0.6 is 0 Å². The van der Waals surface area contributed by atoms with E-state index in [1.807, 2.05) is 12.2 Å². The molecule has 0 fully saturated rings. The van der Waals surface area contributed by atoms with Gasteiger partial charge < -0.3 is 14.2 Å². The number of carbonyl (C=O) groups excluding carboxylic acids is 3. The minimum atomic E-state index is -0.818. The second-order valence-electron chi connectivity index (χ2n) is 23.1. The summed E-state index contributed by atoms with van der Waals surface area (Å²) in [6, 6.07) is 0. The van der Waals surface area contributed by atoms with Crippen molar-refractivity contribution in [3.05, 3.63) is 85.1 Å². The number of hydrogen-bond acceptors (Lipinski definition) is 6. The quantitative estimate of drug-likeness (QED) is 0.0261. The van der Waals surface area contributed by atoms with E-state index in [0.29, 0.717) is 12.8 Å². The van der Waals surface area contributed by atoms with E-state index in [9.17, 15) is 14.4 Å². The zero-order valence-corrected chi connectivity index (χ0v) is 53.1. The molecule has 0 aromatic rings. The highest BCUT2D eigenvalue weighted by molar-refractivity contribution is 5.72. The summed E-state index contributed by atoms with van der Waals surface area (Å²) >= 11 is 0. The monoisotopic (exact) mass is 1110 g/mol. The maximum absolute atomic E-state index is 12.9. The highest BCUT2D eigenvalue weighted by Crippen LogP contribution is 2.18. The molecule has 0 N–H and O–H groups in total. The predicted octanol–water partition coefficient (Wildman–Crippen LogP) is 23.8. The Bertz CT molecular complexity index is 1520. The van der Waals surface area contributed by atoms with E-state index in [1.165, 1.54) is 231 Å². The van der Waals surface area contributed by atoms with E-state index in [2.05, 4.69) is 93.7 Å². The lowest BCUT2D eigenvalue weighted by molar-refractivity contribution is -0.166. The van der Waals surface area contributed by atoms with Crippen molar-refractivity contribution in [3.63, 3.8) is 0 Å². The number of rotatable bonds is 63. The molecule has 6 nitrogen and oxygen atoms in total. The first-order valence-corrected chi connectivity index (χ1v) is 34.6. The van der Waals surface area contributed by atoms with Gasteiger partial charge in [0, 0.05) is 12.8 Å². The Morgan fingerprint density at radius 3 is 0.875 bits per heavy atom. The smallest absolute Gasteiger partial charge is 0.309 e. The lowest BCUT2D eigenvalue weighted by Crippen LogP contribution is -2.30. The molecule has 0 saturated heterocycles. The van der Waals surface area contributed by atoms with Gasteiger partial charge in [-0.05, 0) is 77.0 Å². The molecule has 0 amide bonds. The molecule has 0 bridgehead atoms. The fourth-order valence-electron chi connectivity index (χ4n) is 10.0. The van der Waals surface area contributed by atoms with Crippen LogP contribution in [0.15, 0.2) is 85.1 Å². The summed E-state index contributed by atoms with van der Waals surface area (Å²) in [4.78, 5) is 38.3. The minimum Gasteiger partial charge on any atom is -0.462 e. The first-order chi connectivity index (χ1) is 39.5. The predicted molar refractivity (Wildman–Crippen MR) is 348 cm³/mol. The number of allylic oxidation sites excluding steroid dienone is 13. The summed E-state index contributed by atoms with van der Waals surface area (Å²) in [7, 11) is 0. The van der Waals surface area contributed by atoms with Gasteiger partial charge >= 0.3 is 17.9 Å². The van der Waals surface area contributed by atoms with Gasteiger partial charge in [0.05, 0.1) is 6.42 Å². The van der Waals surface area contributed by atoms with Crippen molar-refractivity contribution in [3.8, 4) is 0 Å². The molecule has 0 aromatic carbocycles. The van der Waals surface area contributed by atoms with E-state index in [0.717, 1.165) is 77.0 Å². The summed E-state index contributed by atoms with van der Waals surface area (Å²) in [5.74, 6) is -1.02. The summed E-state index contributed by atoms with van der Waals surface area (Å²) in [5, 5.41) is 0. The summed E-state index contributed by atoms with van der Waals surface area (Å²) < 4.78 is 16.9. The molecule has 1 atom stereocenters. The maximum atomic E-state index is 12.9. The number of ether oxygens (including phenoxy) is 3. The van der Waals surface area contributed by atoms with Crippen molar-refractivity contribution >= 4 is 17.9 Å². The van der Waals surface area contributed by atoms with Crippen molar-refractivity contribution in [2.75, 3.05) is 13.2 Å². The lowest BCUT2D eigenvalue weighted by atomic mass is 10.0. The molecule has 0 heterocycles. The van der Waals surface area contributed by atoms with Crippen molar-refractivity contribution < 1.29 is 28.6 Å². The Labute approximate surface area is 496 Å². The Morgan fingerprint density at radius 2 is 0.537 bits per heavy atom. The van der Waals surface area contributed by atoms with Crippen LogP contribution < -0.4 is 0 Å². The van der Waals surface area contributed by atoms with E-state index in [-0.39, 0.29) is 31.6 Å². The van der Waals surface area contributed by atoms with Gasteiger partial charge in [-0.1, -0.05) is 337 Å². The molecule has 462 valence electrons. The average molecular weight is 1120 g/mol. The lowest BCUT2D eigenvalue weighted by Gasteiger charge is -2.18.